The Bertz CT molecular complexity index is 379. The third kappa shape index (κ3) is 5.62. The van der Waals surface area contributed by atoms with Gasteiger partial charge in [0.25, 0.3) is 0 Å². The third-order valence-electron chi connectivity index (χ3n) is 4.91. The van der Waals surface area contributed by atoms with Crippen molar-refractivity contribution in [2.24, 2.45) is 11.3 Å². The van der Waals surface area contributed by atoms with Crippen LogP contribution >= 0.6 is 0 Å². The maximum atomic E-state index is 12.0. The van der Waals surface area contributed by atoms with E-state index in [0.717, 1.165) is 19.3 Å². The van der Waals surface area contributed by atoms with Crippen molar-refractivity contribution in [3.63, 3.8) is 0 Å². The molecular weight excluding hydrogens is 280 g/mol. The summed E-state index contributed by atoms with van der Waals surface area (Å²) < 4.78 is 10.9. The highest BCUT2D eigenvalue weighted by atomic mass is 16.6. The predicted octanol–water partition coefficient (Wildman–Crippen LogP) is 4.26. The molecule has 0 unspecified atom stereocenters. The summed E-state index contributed by atoms with van der Waals surface area (Å²) in [5.74, 6) is 0.0805. The maximum absolute atomic E-state index is 12.0. The number of ether oxygens (including phenoxy) is 2. The van der Waals surface area contributed by atoms with Gasteiger partial charge in [-0.3, -0.25) is 9.59 Å². The Morgan fingerprint density at radius 1 is 1.09 bits per heavy atom. The Labute approximate surface area is 134 Å². The number of hydrogen-bond acceptors (Lipinski definition) is 4. The van der Waals surface area contributed by atoms with E-state index in [4.69, 9.17) is 9.47 Å². The number of carbonyl (C=O) groups excluding carboxylic acids is 2. The van der Waals surface area contributed by atoms with Gasteiger partial charge in [-0.25, -0.2) is 0 Å². The second kappa shape index (κ2) is 7.98. The minimum atomic E-state index is -0.453. The Kier molecular flexibility index (Phi) is 6.89. The third-order valence-corrected chi connectivity index (χ3v) is 4.91. The van der Waals surface area contributed by atoms with Gasteiger partial charge in [-0.2, -0.15) is 0 Å². The van der Waals surface area contributed by atoms with Gasteiger partial charge < -0.3 is 9.47 Å². The van der Waals surface area contributed by atoms with E-state index in [2.05, 4.69) is 0 Å². The van der Waals surface area contributed by atoms with Crippen molar-refractivity contribution < 1.29 is 19.1 Å². The zero-order valence-corrected chi connectivity index (χ0v) is 14.9. The lowest BCUT2D eigenvalue weighted by atomic mass is 9.89. The Morgan fingerprint density at radius 3 is 2.23 bits per heavy atom. The standard InChI is InChI=1S/C18H32O4/c1-6-17(2,3)16(20)21-13-9-12-15(19)22-18(4,5)14-10-7-8-11-14/h14H,6-13H2,1-5H3. The summed E-state index contributed by atoms with van der Waals surface area (Å²) in [6.07, 6.45) is 6.31. The summed E-state index contributed by atoms with van der Waals surface area (Å²) in [4.78, 5) is 23.8. The fourth-order valence-corrected chi connectivity index (χ4v) is 2.77. The highest BCUT2D eigenvalue weighted by Crippen LogP contribution is 2.36. The summed E-state index contributed by atoms with van der Waals surface area (Å²) in [6.45, 7) is 9.99. The van der Waals surface area contributed by atoms with Crippen molar-refractivity contribution in [3.8, 4) is 0 Å². The average molecular weight is 312 g/mol. The summed E-state index contributed by atoms with van der Waals surface area (Å²) in [5, 5.41) is 0. The second-order valence-electron chi connectivity index (χ2n) is 7.54. The summed E-state index contributed by atoms with van der Waals surface area (Å²) in [5.41, 5.74) is -0.834. The van der Waals surface area contributed by atoms with E-state index in [9.17, 15) is 9.59 Å². The fourth-order valence-electron chi connectivity index (χ4n) is 2.77. The van der Waals surface area contributed by atoms with Crippen molar-refractivity contribution in [1.82, 2.24) is 0 Å². The van der Waals surface area contributed by atoms with Crippen molar-refractivity contribution >= 4 is 11.9 Å². The second-order valence-corrected chi connectivity index (χ2v) is 7.54. The van der Waals surface area contributed by atoms with Gasteiger partial charge in [0, 0.05) is 6.42 Å². The topological polar surface area (TPSA) is 52.6 Å². The molecule has 22 heavy (non-hydrogen) atoms. The number of rotatable bonds is 8. The molecule has 0 radical (unpaired) electrons. The van der Waals surface area contributed by atoms with Crippen molar-refractivity contribution in [2.75, 3.05) is 6.61 Å². The molecular formula is C18H32O4. The minimum Gasteiger partial charge on any atom is -0.465 e. The molecule has 0 aromatic carbocycles. The summed E-state index contributed by atoms with van der Waals surface area (Å²) >= 11 is 0. The van der Waals surface area contributed by atoms with Crippen LogP contribution in [-0.4, -0.2) is 24.1 Å². The van der Waals surface area contributed by atoms with Crippen molar-refractivity contribution in [2.45, 2.75) is 85.2 Å². The smallest absolute Gasteiger partial charge is 0.311 e. The SMILES string of the molecule is CCC(C)(C)C(=O)OCCCC(=O)OC(C)(C)C1CCCC1. The van der Waals surface area contributed by atoms with Crippen LogP contribution < -0.4 is 0 Å². The first-order valence-electron chi connectivity index (χ1n) is 8.58. The summed E-state index contributed by atoms with van der Waals surface area (Å²) in [7, 11) is 0. The van der Waals surface area contributed by atoms with Crippen molar-refractivity contribution in [3.05, 3.63) is 0 Å². The van der Waals surface area contributed by atoms with Crippen LogP contribution in [0.5, 0.6) is 0 Å². The minimum absolute atomic E-state index is 0.192. The average Bonchev–Trinajstić information content (AvgIpc) is 2.97. The molecule has 4 nitrogen and oxygen atoms in total. The van der Waals surface area contributed by atoms with E-state index in [1.165, 1.54) is 12.8 Å². The molecule has 0 aliphatic heterocycles. The monoisotopic (exact) mass is 312 g/mol. The fraction of sp³-hybridized carbons (Fsp3) is 0.889. The summed E-state index contributed by atoms with van der Waals surface area (Å²) in [6, 6.07) is 0. The first kappa shape index (κ1) is 19.0. The first-order valence-corrected chi connectivity index (χ1v) is 8.58. The van der Waals surface area contributed by atoms with Gasteiger partial charge >= 0.3 is 11.9 Å². The molecule has 1 saturated carbocycles. The van der Waals surface area contributed by atoms with Gasteiger partial charge in [-0.05, 0) is 59.3 Å². The molecule has 1 aliphatic rings. The van der Waals surface area contributed by atoms with Crippen LogP contribution in [0.25, 0.3) is 0 Å². The lowest BCUT2D eigenvalue weighted by molar-refractivity contribution is -0.163. The molecule has 0 spiro atoms. The molecule has 1 fully saturated rings. The number of hydrogen-bond donors (Lipinski definition) is 0. The molecule has 0 aromatic rings. The first-order chi connectivity index (χ1) is 10.2. The molecule has 0 heterocycles. The predicted molar refractivity (Wildman–Crippen MR) is 86.4 cm³/mol. The molecule has 1 rings (SSSR count). The van der Waals surface area contributed by atoms with Crippen LogP contribution in [0.4, 0.5) is 0 Å². The molecule has 0 bridgehead atoms. The van der Waals surface area contributed by atoms with Gasteiger partial charge in [-0.1, -0.05) is 19.8 Å². The van der Waals surface area contributed by atoms with E-state index in [0.29, 0.717) is 18.8 Å². The Hall–Kier alpha value is -1.06. The van der Waals surface area contributed by atoms with E-state index in [1.807, 2.05) is 34.6 Å². The van der Waals surface area contributed by atoms with E-state index in [1.54, 1.807) is 0 Å². The molecule has 128 valence electrons. The lowest BCUT2D eigenvalue weighted by Crippen LogP contribution is -2.35. The molecule has 0 amide bonds. The van der Waals surface area contributed by atoms with Crippen molar-refractivity contribution in [1.29, 1.82) is 0 Å². The molecule has 0 atom stereocenters. The van der Waals surface area contributed by atoms with Gasteiger partial charge in [0.1, 0.15) is 5.60 Å². The van der Waals surface area contributed by atoms with Crippen LogP contribution in [0.2, 0.25) is 0 Å². The van der Waals surface area contributed by atoms with Crippen LogP contribution in [0.1, 0.15) is 79.6 Å². The highest BCUT2D eigenvalue weighted by Gasteiger charge is 2.35. The molecule has 4 heteroatoms. The number of esters is 2. The van der Waals surface area contributed by atoms with Gasteiger partial charge in [-0.15, -0.1) is 0 Å². The highest BCUT2D eigenvalue weighted by molar-refractivity contribution is 5.75. The van der Waals surface area contributed by atoms with E-state index < -0.39 is 5.41 Å². The zero-order chi connectivity index (χ0) is 16.8. The van der Waals surface area contributed by atoms with Gasteiger partial charge in [0.2, 0.25) is 0 Å². The maximum Gasteiger partial charge on any atom is 0.311 e. The quantitative estimate of drug-likeness (QED) is 0.496. The molecule has 0 N–H and O–H groups in total. The van der Waals surface area contributed by atoms with Gasteiger partial charge in [0.05, 0.1) is 12.0 Å². The van der Waals surface area contributed by atoms with Crippen LogP contribution in [0.3, 0.4) is 0 Å². The molecule has 0 saturated heterocycles. The number of carbonyl (C=O) groups is 2. The van der Waals surface area contributed by atoms with Crippen LogP contribution in [-0.2, 0) is 19.1 Å². The van der Waals surface area contributed by atoms with E-state index >= 15 is 0 Å². The zero-order valence-electron chi connectivity index (χ0n) is 14.9. The lowest BCUT2D eigenvalue weighted by Gasteiger charge is -2.31. The van der Waals surface area contributed by atoms with Gasteiger partial charge in [0.15, 0.2) is 0 Å². The van der Waals surface area contributed by atoms with E-state index in [-0.39, 0.29) is 24.1 Å². The normalized spacial score (nSPS) is 16.6. The Morgan fingerprint density at radius 2 is 1.68 bits per heavy atom. The molecule has 0 aromatic heterocycles. The Balaban J connectivity index is 2.25. The molecule has 1 aliphatic carbocycles. The van der Waals surface area contributed by atoms with Crippen LogP contribution in [0, 0.1) is 11.3 Å². The largest absolute Gasteiger partial charge is 0.465 e. The van der Waals surface area contributed by atoms with Crippen LogP contribution in [0.15, 0.2) is 0 Å².